The van der Waals surface area contributed by atoms with Crippen LogP contribution in [-0.2, 0) is 9.53 Å². The highest BCUT2D eigenvalue weighted by Gasteiger charge is 1.85. The van der Waals surface area contributed by atoms with E-state index in [9.17, 15) is 4.79 Å². The Morgan fingerprint density at radius 3 is 2.58 bits per heavy atom. The molecule has 0 aromatic carbocycles. The zero-order valence-electron chi connectivity index (χ0n) is 7.41. The number of hydrogen-bond donors (Lipinski definition) is 1. The van der Waals surface area contributed by atoms with Crippen molar-refractivity contribution >= 4 is 5.97 Å². The molecule has 0 radical (unpaired) electrons. The molecule has 1 aromatic rings. The first-order valence-electron chi connectivity index (χ1n) is 3.83. The summed E-state index contributed by atoms with van der Waals surface area (Å²) < 4.78 is 4.55. The number of nitrogens with one attached hydrogen (secondary N) is 1. The van der Waals surface area contributed by atoms with Gasteiger partial charge in [-0.3, -0.25) is 4.79 Å². The number of carbonyl (C=O) groups excluding carboxylic acids is 1. The van der Waals surface area contributed by atoms with Gasteiger partial charge in [-0.1, -0.05) is 6.92 Å². The number of nitrogens with zero attached hydrogens (tertiary/aromatic N) is 1. The van der Waals surface area contributed by atoms with Crippen LogP contribution >= 0.6 is 0 Å². The molecule has 0 aliphatic heterocycles. The number of hydrogen-bond acceptors (Lipinski definition) is 3. The lowest BCUT2D eigenvalue weighted by atomic mass is 10.5. The standard InChI is InChI=1S/C5H10O2.C3H4N2/c1-3-4-7-5(2)6;1-2-5-3-4-1/h3-4H2,1-2H3;1-3H,(H,4,5). The highest BCUT2D eigenvalue weighted by molar-refractivity contribution is 5.65. The van der Waals surface area contributed by atoms with Crippen LogP contribution in [0.4, 0.5) is 0 Å². The van der Waals surface area contributed by atoms with Gasteiger partial charge in [-0.05, 0) is 6.42 Å². The van der Waals surface area contributed by atoms with E-state index in [1.54, 1.807) is 18.7 Å². The summed E-state index contributed by atoms with van der Waals surface area (Å²) in [7, 11) is 0. The monoisotopic (exact) mass is 170 g/mol. The Morgan fingerprint density at radius 2 is 2.42 bits per heavy atom. The maximum Gasteiger partial charge on any atom is 0.302 e. The summed E-state index contributed by atoms with van der Waals surface area (Å²) in [5, 5.41) is 0. The molecule has 0 spiro atoms. The van der Waals surface area contributed by atoms with Gasteiger partial charge in [0.1, 0.15) is 0 Å². The molecule has 4 heteroatoms. The third-order valence-electron chi connectivity index (χ3n) is 0.915. The molecule has 4 nitrogen and oxygen atoms in total. The van der Waals surface area contributed by atoms with Crippen LogP contribution in [0.15, 0.2) is 18.7 Å². The first-order chi connectivity index (χ1) is 5.77. The fraction of sp³-hybridized carbons (Fsp3) is 0.500. The van der Waals surface area contributed by atoms with E-state index in [-0.39, 0.29) is 5.97 Å². The normalized spacial score (nSPS) is 8.17. The van der Waals surface area contributed by atoms with Crippen molar-refractivity contribution in [3.05, 3.63) is 18.7 Å². The summed E-state index contributed by atoms with van der Waals surface area (Å²) in [5.74, 6) is -0.193. The van der Waals surface area contributed by atoms with Crippen LogP contribution in [0.5, 0.6) is 0 Å². The third kappa shape index (κ3) is 8.68. The molecule has 0 bridgehead atoms. The molecular formula is C8H14N2O2. The van der Waals surface area contributed by atoms with Crippen molar-refractivity contribution in [1.82, 2.24) is 9.97 Å². The fourth-order valence-corrected chi connectivity index (χ4v) is 0.461. The number of aromatic nitrogens is 2. The Bertz CT molecular complexity index is 168. The second-order valence-corrected chi connectivity index (χ2v) is 2.10. The van der Waals surface area contributed by atoms with Crippen molar-refractivity contribution in [2.45, 2.75) is 20.3 Å². The van der Waals surface area contributed by atoms with Crippen LogP contribution in [-0.4, -0.2) is 22.5 Å². The number of H-pyrrole nitrogens is 1. The number of rotatable bonds is 2. The quantitative estimate of drug-likeness (QED) is 0.682. The Hall–Kier alpha value is -1.32. The molecule has 1 N–H and O–H groups in total. The molecular weight excluding hydrogens is 156 g/mol. The van der Waals surface area contributed by atoms with Gasteiger partial charge in [-0.15, -0.1) is 0 Å². The van der Waals surface area contributed by atoms with E-state index < -0.39 is 0 Å². The van der Waals surface area contributed by atoms with E-state index in [1.807, 2.05) is 6.92 Å². The van der Waals surface area contributed by atoms with Gasteiger partial charge < -0.3 is 9.72 Å². The van der Waals surface area contributed by atoms with Crippen LogP contribution < -0.4 is 0 Å². The van der Waals surface area contributed by atoms with Crippen molar-refractivity contribution in [3.8, 4) is 0 Å². The first-order valence-corrected chi connectivity index (χ1v) is 3.83. The molecule has 1 heterocycles. The Balaban J connectivity index is 0.000000211. The molecule has 0 aliphatic carbocycles. The molecule has 68 valence electrons. The van der Waals surface area contributed by atoms with Gasteiger partial charge in [-0.25, -0.2) is 4.98 Å². The molecule has 1 rings (SSSR count). The molecule has 12 heavy (non-hydrogen) atoms. The molecule has 0 aliphatic rings. The van der Waals surface area contributed by atoms with Crippen LogP contribution in [0, 0.1) is 0 Å². The minimum Gasteiger partial charge on any atom is -0.466 e. The average Bonchev–Trinajstić information content (AvgIpc) is 2.57. The zero-order valence-corrected chi connectivity index (χ0v) is 7.41. The Morgan fingerprint density at radius 1 is 1.67 bits per heavy atom. The second-order valence-electron chi connectivity index (χ2n) is 2.10. The number of esters is 1. The van der Waals surface area contributed by atoms with E-state index in [4.69, 9.17) is 0 Å². The fourth-order valence-electron chi connectivity index (χ4n) is 0.461. The molecule has 0 atom stereocenters. The molecule has 1 aromatic heterocycles. The SMILES string of the molecule is CCCOC(C)=O.c1c[nH]cn1. The number of ether oxygens (including phenoxy) is 1. The van der Waals surface area contributed by atoms with Gasteiger partial charge in [0.15, 0.2) is 0 Å². The van der Waals surface area contributed by atoms with Gasteiger partial charge in [0, 0.05) is 19.3 Å². The second kappa shape index (κ2) is 7.78. The van der Waals surface area contributed by atoms with Gasteiger partial charge in [0.25, 0.3) is 0 Å². The first kappa shape index (κ1) is 10.7. The predicted octanol–water partition coefficient (Wildman–Crippen LogP) is 1.37. The number of aromatic amines is 1. The van der Waals surface area contributed by atoms with Gasteiger partial charge in [-0.2, -0.15) is 0 Å². The highest BCUT2D eigenvalue weighted by atomic mass is 16.5. The highest BCUT2D eigenvalue weighted by Crippen LogP contribution is 1.78. The lowest BCUT2D eigenvalue weighted by Crippen LogP contribution is -1.98. The van der Waals surface area contributed by atoms with Crippen LogP contribution in [0.25, 0.3) is 0 Å². The van der Waals surface area contributed by atoms with E-state index in [2.05, 4.69) is 14.7 Å². The lowest BCUT2D eigenvalue weighted by Gasteiger charge is -1.93. The van der Waals surface area contributed by atoms with Crippen LogP contribution in [0.2, 0.25) is 0 Å². The summed E-state index contributed by atoms with van der Waals surface area (Å²) in [6.07, 6.45) is 5.99. The van der Waals surface area contributed by atoms with E-state index in [0.717, 1.165) is 6.42 Å². The van der Waals surface area contributed by atoms with E-state index >= 15 is 0 Å². The van der Waals surface area contributed by atoms with E-state index in [1.165, 1.54) is 6.92 Å². The molecule has 0 fully saturated rings. The van der Waals surface area contributed by atoms with Crippen molar-refractivity contribution in [2.24, 2.45) is 0 Å². The Labute approximate surface area is 72.0 Å². The molecule has 0 amide bonds. The molecule has 0 saturated heterocycles. The molecule has 0 saturated carbocycles. The average molecular weight is 170 g/mol. The number of carbonyl (C=O) groups is 1. The summed E-state index contributed by atoms with van der Waals surface area (Å²) in [4.78, 5) is 16.4. The summed E-state index contributed by atoms with van der Waals surface area (Å²) in [6, 6.07) is 0. The van der Waals surface area contributed by atoms with E-state index in [0.29, 0.717) is 6.61 Å². The van der Waals surface area contributed by atoms with Crippen molar-refractivity contribution in [2.75, 3.05) is 6.61 Å². The summed E-state index contributed by atoms with van der Waals surface area (Å²) in [5.41, 5.74) is 0. The van der Waals surface area contributed by atoms with Crippen molar-refractivity contribution < 1.29 is 9.53 Å². The predicted molar refractivity (Wildman–Crippen MR) is 45.5 cm³/mol. The third-order valence-corrected chi connectivity index (χ3v) is 0.915. The summed E-state index contributed by atoms with van der Waals surface area (Å²) in [6.45, 7) is 3.92. The number of imidazole rings is 1. The van der Waals surface area contributed by atoms with Crippen LogP contribution in [0.3, 0.4) is 0 Å². The maximum absolute atomic E-state index is 9.98. The minimum absolute atomic E-state index is 0.193. The smallest absolute Gasteiger partial charge is 0.302 e. The maximum atomic E-state index is 9.98. The molecule has 0 unspecified atom stereocenters. The Kier molecular flexibility index (Phi) is 6.93. The topological polar surface area (TPSA) is 55.0 Å². The van der Waals surface area contributed by atoms with Gasteiger partial charge >= 0.3 is 5.97 Å². The summed E-state index contributed by atoms with van der Waals surface area (Å²) >= 11 is 0. The minimum atomic E-state index is -0.193. The van der Waals surface area contributed by atoms with Crippen LogP contribution in [0.1, 0.15) is 20.3 Å². The lowest BCUT2D eigenvalue weighted by molar-refractivity contribution is -0.140. The largest absolute Gasteiger partial charge is 0.466 e. The van der Waals surface area contributed by atoms with Crippen molar-refractivity contribution in [3.63, 3.8) is 0 Å². The van der Waals surface area contributed by atoms with Crippen molar-refractivity contribution in [1.29, 1.82) is 0 Å². The zero-order chi connectivity index (χ0) is 9.23. The van der Waals surface area contributed by atoms with Gasteiger partial charge in [0.2, 0.25) is 0 Å². The van der Waals surface area contributed by atoms with Gasteiger partial charge in [0.05, 0.1) is 12.9 Å².